The fourth-order valence-corrected chi connectivity index (χ4v) is 5.45. The smallest absolute Gasteiger partial charge is 0.212 e. The SMILES string of the molecule is O=S(=O)(CC1CCCC1)NC1CCC(n2cncn2)CC1. The lowest BCUT2D eigenvalue weighted by atomic mass is 9.92. The van der Waals surface area contributed by atoms with Crippen molar-refractivity contribution < 1.29 is 8.42 Å². The van der Waals surface area contributed by atoms with E-state index in [0.29, 0.717) is 17.7 Å². The van der Waals surface area contributed by atoms with Gasteiger partial charge in [0.15, 0.2) is 0 Å². The summed E-state index contributed by atoms with van der Waals surface area (Å²) < 4.78 is 29.3. The Hall–Kier alpha value is -0.950. The zero-order valence-electron chi connectivity index (χ0n) is 12.3. The Labute approximate surface area is 126 Å². The number of hydrogen-bond donors (Lipinski definition) is 1. The molecule has 0 aliphatic heterocycles. The molecule has 6 nitrogen and oxygen atoms in total. The second-order valence-corrected chi connectivity index (χ2v) is 8.23. The fraction of sp³-hybridized carbons (Fsp3) is 0.857. The molecule has 0 amide bonds. The predicted molar refractivity (Wildman–Crippen MR) is 80.2 cm³/mol. The lowest BCUT2D eigenvalue weighted by Gasteiger charge is -2.29. The molecule has 7 heteroatoms. The number of hydrogen-bond acceptors (Lipinski definition) is 4. The van der Waals surface area contributed by atoms with Gasteiger partial charge in [-0.2, -0.15) is 5.10 Å². The number of rotatable bonds is 5. The molecule has 0 atom stereocenters. The Morgan fingerprint density at radius 1 is 1.10 bits per heavy atom. The van der Waals surface area contributed by atoms with Crippen LogP contribution in [0, 0.1) is 5.92 Å². The minimum absolute atomic E-state index is 0.0937. The lowest BCUT2D eigenvalue weighted by molar-refractivity contribution is 0.293. The molecule has 3 rings (SSSR count). The van der Waals surface area contributed by atoms with Gasteiger partial charge in [0.05, 0.1) is 11.8 Å². The van der Waals surface area contributed by atoms with Crippen LogP contribution in [0.3, 0.4) is 0 Å². The number of nitrogens with zero attached hydrogens (tertiary/aromatic N) is 3. The van der Waals surface area contributed by atoms with Gasteiger partial charge in [-0.05, 0) is 44.4 Å². The molecule has 0 spiro atoms. The molecular formula is C14H24N4O2S. The van der Waals surface area contributed by atoms with Crippen LogP contribution in [0.1, 0.15) is 57.4 Å². The van der Waals surface area contributed by atoms with E-state index in [1.165, 1.54) is 12.8 Å². The topological polar surface area (TPSA) is 76.9 Å². The first-order chi connectivity index (χ1) is 10.1. The average Bonchev–Trinajstić information content (AvgIpc) is 3.11. The minimum atomic E-state index is -3.12. The first-order valence-corrected chi connectivity index (χ1v) is 9.62. The van der Waals surface area contributed by atoms with E-state index < -0.39 is 10.0 Å². The van der Waals surface area contributed by atoms with Crippen molar-refractivity contribution in [2.45, 2.75) is 63.5 Å². The van der Waals surface area contributed by atoms with Crippen molar-refractivity contribution in [3.63, 3.8) is 0 Å². The van der Waals surface area contributed by atoms with Crippen LogP contribution < -0.4 is 4.72 Å². The van der Waals surface area contributed by atoms with Gasteiger partial charge in [0.2, 0.25) is 10.0 Å². The molecule has 1 aromatic heterocycles. The Morgan fingerprint density at radius 3 is 2.43 bits per heavy atom. The van der Waals surface area contributed by atoms with Crippen LogP contribution in [0.2, 0.25) is 0 Å². The van der Waals surface area contributed by atoms with Gasteiger partial charge in [-0.1, -0.05) is 12.8 Å². The molecule has 2 saturated carbocycles. The van der Waals surface area contributed by atoms with Crippen LogP contribution in [-0.2, 0) is 10.0 Å². The third-order valence-corrected chi connectivity index (χ3v) is 6.39. The highest BCUT2D eigenvalue weighted by molar-refractivity contribution is 7.89. The van der Waals surface area contributed by atoms with Gasteiger partial charge in [0, 0.05) is 6.04 Å². The molecular weight excluding hydrogens is 288 g/mol. The highest BCUT2D eigenvalue weighted by atomic mass is 32.2. The molecule has 1 aromatic rings. The van der Waals surface area contributed by atoms with E-state index in [1.54, 1.807) is 12.7 Å². The molecule has 0 radical (unpaired) electrons. The van der Waals surface area contributed by atoms with Gasteiger partial charge in [0.25, 0.3) is 0 Å². The number of sulfonamides is 1. The first-order valence-electron chi connectivity index (χ1n) is 7.96. The maximum atomic E-state index is 12.2. The summed E-state index contributed by atoms with van der Waals surface area (Å²) in [6.45, 7) is 0. The number of nitrogens with one attached hydrogen (secondary N) is 1. The maximum absolute atomic E-state index is 12.2. The van der Waals surface area contributed by atoms with Gasteiger partial charge in [0.1, 0.15) is 12.7 Å². The van der Waals surface area contributed by atoms with Gasteiger partial charge >= 0.3 is 0 Å². The third kappa shape index (κ3) is 4.03. The van der Waals surface area contributed by atoms with Crippen molar-refractivity contribution in [1.29, 1.82) is 0 Å². The van der Waals surface area contributed by atoms with E-state index in [0.717, 1.165) is 38.5 Å². The molecule has 2 fully saturated rings. The van der Waals surface area contributed by atoms with Crippen LogP contribution in [0.5, 0.6) is 0 Å². The monoisotopic (exact) mass is 312 g/mol. The summed E-state index contributed by atoms with van der Waals surface area (Å²) >= 11 is 0. The second-order valence-electron chi connectivity index (χ2n) is 6.43. The molecule has 21 heavy (non-hydrogen) atoms. The molecule has 0 saturated heterocycles. The summed E-state index contributed by atoms with van der Waals surface area (Å²) in [6.07, 6.45) is 11.5. The van der Waals surface area contributed by atoms with Crippen molar-refractivity contribution in [1.82, 2.24) is 19.5 Å². The van der Waals surface area contributed by atoms with Gasteiger partial charge in [-0.3, -0.25) is 0 Å². The van der Waals surface area contributed by atoms with Gasteiger partial charge < -0.3 is 0 Å². The normalized spacial score (nSPS) is 28.0. The zero-order valence-corrected chi connectivity index (χ0v) is 13.1. The standard InChI is InChI=1S/C14H24N4O2S/c19-21(20,9-12-3-1-2-4-12)17-13-5-7-14(8-6-13)18-11-15-10-16-18/h10-14,17H,1-9H2. The molecule has 0 bridgehead atoms. The van der Waals surface area contributed by atoms with Crippen LogP contribution in [0.25, 0.3) is 0 Å². The number of aromatic nitrogens is 3. The minimum Gasteiger partial charge on any atom is -0.250 e. The fourth-order valence-electron chi connectivity index (χ4n) is 3.65. The van der Waals surface area contributed by atoms with E-state index >= 15 is 0 Å². The molecule has 0 unspecified atom stereocenters. The van der Waals surface area contributed by atoms with Crippen molar-refractivity contribution in [2.24, 2.45) is 5.92 Å². The molecule has 2 aliphatic rings. The van der Waals surface area contributed by atoms with Crippen molar-refractivity contribution in [3.05, 3.63) is 12.7 Å². The van der Waals surface area contributed by atoms with Crippen molar-refractivity contribution >= 4 is 10.0 Å². The summed E-state index contributed by atoms with van der Waals surface area (Å²) in [5, 5.41) is 4.17. The van der Waals surface area contributed by atoms with Crippen LogP contribution in [0.15, 0.2) is 12.7 Å². The Kier molecular flexibility index (Phi) is 4.59. The van der Waals surface area contributed by atoms with Crippen LogP contribution in [0.4, 0.5) is 0 Å². The molecule has 118 valence electrons. The maximum Gasteiger partial charge on any atom is 0.212 e. The van der Waals surface area contributed by atoms with Crippen LogP contribution in [-0.4, -0.2) is 35.0 Å². The second kappa shape index (κ2) is 6.44. The summed E-state index contributed by atoms with van der Waals surface area (Å²) in [6, 6.07) is 0.458. The van der Waals surface area contributed by atoms with Gasteiger partial charge in [-0.25, -0.2) is 22.8 Å². The summed E-state index contributed by atoms with van der Waals surface area (Å²) in [5.41, 5.74) is 0. The average molecular weight is 312 g/mol. The third-order valence-electron chi connectivity index (χ3n) is 4.78. The lowest BCUT2D eigenvalue weighted by Crippen LogP contribution is -2.40. The van der Waals surface area contributed by atoms with E-state index in [4.69, 9.17) is 0 Å². The summed E-state index contributed by atoms with van der Waals surface area (Å²) in [7, 11) is -3.12. The van der Waals surface area contributed by atoms with E-state index in [9.17, 15) is 8.42 Å². The molecule has 0 aromatic carbocycles. The largest absolute Gasteiger partial charge is 0.250 e. The van der Waals surface area contributed by atoms with Crippen molar-refractivity contribution in [3.8, 4) is 0 Å². The predicted octanol–water partition coefficient (Wildman–Crippen LogP) is 1.87. The van der Waals surface area contributed by atoms with E-state index in [2.05, 4.69) is 14.8 Å². The van der Waals surface area contributed by atoms with Crippen LogP contribution >= 0.6 is 0 Å². The Morgan fingerprint density at radius 2 is 1.81 bits per heavy atom. The Balaban J connectivity index is 1.48. The molecule has 1 N–H and O–H groups in total. The molecule has 1 heterocycles. The quantitative estimate of drug-likeness (QED) is 0.900. The molecule has 2 aliphatic carbocycles. The van der Waals surface area contributed by atoms with Gasteiger partial charge in [-0.15, -0.1) is 0 Å². The summed E-state index contributed by atoms with van der Waals surface area (Å²) in [4.78, 5) is 3.97. The first kappa shape index (κ1) is 15.0. The zero-order chi connectivity index (χ0) is 14.7. The van der Waals surface area contributed by atoms with Crippen molar-refractivity contribution in [2.75, 3.05) is 5.75 Å². The van der Waals surface area contributed by atoms with E-state index in [1.807, 2.05) is 4.68 Å². The highest BCUT2D eigenvalue weighted by Gasteiger charge is 2.28. The summed E-state index contributed by atoms with van der Waals surface area (Å²) in [5.74, 6) is 0.685. The Bertz CT molecular complexity index is 529. The van der Waals surface area contributed by atoms with E-state index in [-0.39, 0.29) is 6.04 Å². The highest BCUT2D eigenvalue weighted by Crippen LogP contribution is 2.29.